The molecule has 0 aliphatic heterocycles. The zero-order valence-corrected chi connectivity index (χ0v) is 10.5. The number of anilines is 1. The fraction of sp³-hybridized carbons (Fsp3) is 0.500. The molecule has 0 aromatic carbocycles. The van der Waals surface area contributed by atoms with Crippen LogP contribution in [0, 0.1) is 17.0 Å². The number of alkyl halides is 1. The molecule has 1 rings (SSSR count). The highest BCUT2D eigenvalue weighted by Crippen LogP contribution is 2.31. The molecule has 0 saturated heterocycles. The Morgan fingerprint density at radius 2 is 2.22 bits per heavy atom. The first kappa shape index (κ1) is 14.6. The van der Waals surface area contributed by atoms with E-state index in [1.54, 1.807) is 0 Å². The number of rotatable bonds is 5. The predicted molar refractivity (Wildman–Crippen MR) is 66.3 cm³/mol. The summed E-state index contributed by atoms with van der Waals surface area (Å²) in [5.74, 6) is -0.0535. The van der Waals surface area contributed by atoms with Crippen LogP contribution in [-0.2, 0) is 0 Å². The van der Waals surface area contributed by atoms with Gasteiger partial charge < -0.3 is 15.9 Å². The Morgan fingerprint density at radius 3 is 2.72 bits per heavy atom. The number of aliphatic hydroxyl groups excluding tert-OH is 2. The maximum absolute atomic E-state index is 10.8. The highest BCUT2D eigenvalue weighted by molar-refractivity contribution is 6.17. The van der Waals surface area contributed by atoms with Crippen molar-refractivity contribution in [1.29, 1.82) is 0 Å². The van der Waals surface area contributed by atoms with Crippen LogP contribution in [0.4, 0.5) is 11.5 Å². The van der Waals surface area contributed by atoms with Gasteiger partial charge >= 0.3 is 5.69 Å². The lowest BCUT2D eigenvalue weighted by Crippen LogP contribution is -2.20. The minimum Gasteiger partial charge on any atom is -0.390 e. The Kier molecular flexibility index (Phi) is 4.83. The Morgan fingerprint density at radius 1 is 1.61 bits per heavy atom. The normalized spacial score (nSPS) is 14.2. The quantitative estimate of drug-likeness (QED) is 0.417. The zero-order chi connectivity index (χ0) is 13.9. The Bertz CT molecular complexity index is 455. The third-order valence-corrected chi connectivity index (χ3v) is 2.86. The van der Waals surface area contributed by atoms with E-state index in [1.165, 1.54) is 13.1 Å². The van der Waals surface area contributed by atoms with Crippen molar-refractivity contribution in [2.45, 2.75) is 25.6 Å². The van der Waals surface area contributed by atoms with Crippen LogP contribution in [0.15, 0.2) is 6.20 Å². The molecular formula is C10H14ClN3O4. The summed E-state index contributed by atoms with van der Waals surface area (Å²) in [6.45, 7) is 1.45. The molecule has 2 atom stereocenters. The molecule has 100 valence electrons. The molecule has 1 aromatic rings. The minimum absolute atomic E-state index is 0.167. The van der Waals surface area contributed by atoms with Gasteiger partial charge in [0.05, 0.1) is 11.0 Å². The monoisotopic (exact) mass is 275 g/mol. The number of aromatic nitrogens is 1. The molecule has 1 aromatic heterocycles. The summed E-state index contributed by atoms with van der Waals surface area (Å²) < 4.78 is 0. The Labute approximate surface area is 108 Å². The van der Waals surface area contributed by atoms with Crippen molar-refractivity contribution >= 4 is 23.1 Å². The lowest BCUT2D eigenvalue weighted by atomic mass is 9.99. The van der Waals surface area contributed by atoms with E-state index in [9.17, 15) is 20.3 Å². The molecule has 0 fully saturated rings. The number of hydrogen-bond donors (Lipinski definition) is 3. The van der Waals surface area contributed by atoms with Crippen LogP contribution >= 0.6 is 11.6 Å². The van der Waals surface area contributed by atoms with Gasteiger partial charge in [-0.1, -0.05) is 0 Å². The van der Waals surface area contributed by atoms with Gasteiger partial charge in [-0.3, -0.25) is 10.1 Å². The summed E-state index contributed by atoms with van der Waals surface area (Å²) in [7, 11) is 0. The molecule has 1 heterocycles. The number of nitrogen functional groups attached to an aromatic ring is 1. The molecular weight excluding hydrogens is 262 g/mol. The summed E-state index contributed by atoms with van der Waals surface area (Å²) in [5, 5.41) is 30.4. The SMILES string of the molecule is Cc1c(C(O)C(O)CCCl)cnc(N)c1[N+](=O)[O-]. The standard InChI is InChI=1S/C10H14ClN3O4/c1-5-6(9(16)7(15)2-3-11)4-13-10(12)8(5)14(17)18/h4,7,9,15-16H,2-3H2,1H3,(H2,12,13). The van der Waals surface area contributed by atoms with Crippen LogP contribution in [0.25, 0.3) is 0 Å². The molecule has 0 aliphatic carbocycles. The zero-order valence-electron chi connectivity index (χ0n) is 9.71. The molecule has 0 bridgehead atoms. The number of halogens is 1. The maximum atomic E-state index is 10.8. The van der Waals surface area contributed by atoms with Crippen molar-refractivity contribution in [3.8, 4) is 0 Å². The lowest BCUT2D eigenvalue weighted by Gasteiger charge is -2.18. The van der Waals surface area contributed by atoms with Crippen LogP contribution in [0.1, 0.15) is 23.7 Å². The first-order chi connectivity index (χ1) is 8.40. The molecule has 4 N–H and O–H groups in total. The molecule has 18 heavy (non-hydrogen) atoms. The van der Waals surface area contributed by atoms with E-state index in [4.69, 9.17) is 17.3 Å². The second-order valence-corrected chi connectivity index (χ2v) is 4.20. The highest BCUT2D eigenvalue weighted by Gasteiger charge is 2.26. The van der Waals surface area contributed by atoms with Gasteiger partial charge in [-0.2, -0.15) is 0 Å². The van der Waals surface area contributed by atoms with E-state index in [0.717, 1.165) is 0 Å². The third kappa shape index (κ3) is 2.87. The number of nitro groups is 1. The van der Waals surface area contributed by atoms with Gasteiger partial charge in [0.2, 0.25) is 5.82 Å². The van der Waals surface area contributed by atoms with Crippen molar-refractivity contribution in [2.24, 2.45) is 0 Å². The fourth-order valence-corrected chi connectivity index (χ4v) is 1.86. The predicted octanol–water partition coefficient (Wildman–Crippen LogP) is 0.904. The first-order valence-electron chi connectivity index (χ1n) is 5.21. The summed E-state index contributed by atoms with van der Waals surface area (Å²) in [6, 6.07) is 0. The van der Waals surface area contributed by atoms with Crippen LogP contribution in [-0.4, -0.2) is 32.1 Å². The Balaban J connectivity index is 3.18. The molecule has 0 radical (unpaired) electrons. The van der Waals surface area contributed by atoms with Gasteiger partial charge in [-0.05, 0) is 13.3 Å². The summed E-state index contributed by atoms with van der Waals surface area (Å²) in [6.07, 6.45) is -0.998. The van der Waals surface area contributed by atoms with Crippen molar-refractivity contribution in [1.82, 2.24) is 4.98 Å². The van der Waals surface area contributed by atoms with E-state index in [2.05, 4.69) is 4.98 Å². The molecule has 0 spiro atoms. The second-order valence-electron chi connectivity index (χ2n) is 3.82. The highest BCUT2D eigenvalue weighted by atomic mass is 35.5. The van der Waals surface area contributed by atoms with Gasteiger partial charge in [-0.25, -0.2) is 4.98 Å². The van der Waals surface area contributed by atoms with Crippen LogP contribution in [0.3, 0.4) is 0 Å². The molecule has 0 aliphatic rings. The number of pyridine rings is 1. The topological polar surface area (TPSA) is 123 Å². The summed E-state index contributed by atoms with van der Waals surface area (Å²) >= 11 is 5.46. The van der Waals surface area contributed by atoms with Gasteiger partial charge in [-0.15, -0.1) is 11.6 Å². The van der Waals surface area contributed by atoms with Crippen molar-refractivity contribution in [2.75, 3.05) is 11.6 Å². The fourth-order valence-electron chi connectivity index (χ4n) is 1.63. The smallest absolute Gasteiger partial charge is 0.314 e. The van der Waals surface area contributed by atoms with E-state index in [1.807, 2.05) is 0 Å². The summed E-state index contributed by atoms with van der Waals surface area (Å²) in [5.41, 5.74) is 5.41. The van der Waals surface area contributed by atoms with E-state index in [-0.39, 0.29) is 34.9 Å². The van der Waals surface area contributed by atoms with Gasteiger partial charge in [0.25, 0.3) is 0 Å². The average molecular weight is 276 g/mol. The Hall–Kier alpha value is -1.44. The van der Waals surface area contributed by atoms with E-state index in [0.29, 0.717) is 0 Å². The van der Waals surface area contributed by atoms with Crippen molar-refractivity contribution < 1.29 is 15.1 Å². The van der Waals surface area contributed by atoms with Gasteiger partial charge in [0.15, 0.2) is 0 Å². The van der Waals surface area contributed by atoms with Crippen LogP contribution in [0.5, 0.6) is 0 Å². The van der Waals surface area contributed by atoms with Crippen molar-refractivity contribution in [3.05, 3.63) is 27.4 Å². The van der Waals surface area contributed by atoms with Gasteiger partial charge in [0, 0.05) is 23.2 Å². The van der Waals surface area contributed by atoms with Gasteiger partial charge in [0.1, 0.15) is 6.10 Å². The second kappa shape index (κ2) is 5.94. The molecule has 0 amide bonds. The maximum Gasteiger partial charge on any atom is 0.314 e. The number of nitrogens with zero attached hydrogens (tertiary/aromatic N) is 2. The molecule has 7 nitrogen and oxygen atoms in total. The number of aliphatic hydroxyl groups is 2. The van der Waals surface area contributed by atoms with Crippen molar-refractivity contribution in [3.63, 3.8) is 0 Å². The molecule has 8 heteroatoms. The largest absolute Gasteiger partial charge is 0.390 e. The average Bonchev–Trinajstić information content (AvgIpc) is 2.28. The van der Waals surface area contributed by atoms with E-state index >= 15 is 0 Å². The molecule has 2 unspecified atom stereocenters. The number of nitrogens with two attached hydrogens (primary N) is 1. The number of hydrogen-bond acceptors (Lipinski definition) is 6. The minimum atomic E-state index is -1.28. The molecule has 0 saturated carbocycles. The first-order valence-corrected chi connectivity index (χ1v) is 5.75. The van der Waals surface area contributed by atoms with Crippen LogP contribution < -0.4 is 5.73 Å². The van der Waals surface area contributed by atoms with Crippen LogP contribution in [0.2, 0.25) is 0 Å². The lowest BCUT2D eigenvalue weighted by molar-refractivity contribution is -0.384. The summed E-state index contributed by atoms with van der Waals surface area (Å²) in [4.78, 5) is 13.8. The third-order valence-electron chi connectivity index (χ3n) is 2.64. The van der Waals surface area contributed by atoms with E-state index < -0.39 is 17.1 Å².